The zero-order valence-corrected chi connectivity index (χ0v) is 14.3. The summed E-state index contributed by atoms with van der Waals surface area (Å²) in [5.41, 5.74) is 5.98. The zero-order valence-electron chi connectivity index (χ0n) is 13.5. The Labute approximate surface area is 130 Å². The number of rotatable bonds is 6. The molecule has 0 saturated carbocycles. The molecule has 1 aromatic rings. The number of nitrogens with two attached hydrogens (primary N) is 1. The minimum absolute atomic E-state index is 0.107. The highest BCUT2D eigenvalue weighted by Crippen LogP contribution is 2.35. The summed E-state index contributed by atoms with van der Waals surface area (Å²) in [5, 5.41) is 0. The van der Waals surface area contributed by atoms with Crippen molar-refractivity contribution in [2.45, 2.75) is 30.8 Å². The maximum atomic E-state index is 12.2. The molecule has 1 rings (SSSR count). The van der Waals surface area contributed by atoms with Gasteiger partial charge in [0.05, 0.1) is 19.8 Å². The first-order valence-electron chi connectivity index (χ1n) is 6.58. The van der Waals surface area contributed by atoms with E-state index in [2.05, 4.69) is 0 Å². The summed E-state index contributed by atoms with van der Waals surface area (Å²) >= 11 is 1.60. The minimum Gasteiger partial charge on any atom is -0.493 e. The molecule has 1 amide bonds. The molecular formula is C15H24N2O3S. The highest BCUT2D eigenvalue weighted by molar-refractivity contribution is 7.98. The third kappa shape index (κ3) is 4.28. The molecule has 0 bridgehead atoms. The van der Waals surface area contributed by atoms with Crippen molar-refractivity contribution in [1.29, 1.82) is 0 Å². The maximum Gasteiger partial charge on any atom is 0.242 e. The molecule has 0 atom stereocenters. The molecule has 0 aliphatic carbocycles. The van der Waals surface area contributed by atoms with Crippen LogP contribution in [0, 0.1) is 0 Å². The van der Waals surface area contributed by atoms with Crippen LogP contribution in [0.15, 0.2) is 17.0 Å². The van der Waals surface area contributed by atoms with E-state index >= 15 is 0 Å². The van der Waals surface area contributed by atoms with E-state index in [0.29, 0.717) is 18.0 Å². The number of hydrogen-bond donors (Lipinski definition) is 1. The first kappa shape index (κ1) is 17.7. The number of carbonyl (C=O) groups excluding carboxylic acids is 1. The van der Waals surface area contributed by atoms with Gasteiger partial charge in [-0.15, -0.1) is 11.8 Å². The second-order valence-corrected chi connectivity index (χ2v) is 6.25. The summed E-state index contributed by atoms with van der Waals surface area (Å²) in [6, 6.07) is 3.82. The smallest absolute Gasteiger partial charge is 0.242 e. The van der Waals surface area contributed by atoms with E-state index in [1.165, 1.54) is 0 Å². The van der Waals surface area contributed by atoms with E-state index in [1.807, 2.05) is 18.4 Å². The second kappa shape index (κ2) is 7.04. The number of ether oxygens (including phenoxy) is 2. The van der Waals surface area contributed by atoms with Crippen molar-refractivity contribution in [2.75, 3.05) is 27.5 Å². The molecule has 6 heteroatoms. The molecule has 118 valence electrons. The topological polar surface area (TPSA) is 64.8 Å². The van der Waals surface area contributed by atoms with Crippen molar-refractivity contribution in [1.82, 2.24) is 4.90 Å². The zero-order chi connectivity index (χ0) is 16.2. The van der Waals surface area contributed by atoms with Crippen molar-refractivity contribution < 1.29 is 14.3 Å². The Balaban J connectivity index is 3.10. The third-order valence-electron chi connectivity index (χ3n) is 3.09. The quantitative estimate of drug-likeness (QED) is 0.815. The standard InChI is InChI=1S/C15H24N2O3S/c1-15(2,16)14(18)17(3)9-10-7-11(19-4)12(20-5)8-13(10)21-6/h7-8H,9,16H2,1-6H3. The molecule has 21 heavy (non-hydrogen) atoms. The van der Waals surface area contributed by atoms with Crippen molar-refractivity contribution in [3.8, 4) is 11.5 Å². The fraction of sp³-hybridized carbons (Fsp3) is 0.533. The number of hydrogen-bond acceptors (Lipinski definition) is 5. The lowest BCUT2D eigenvalue weighted by atomic mass is 10.1. The van der Waals surface area contributed by atoms with Crippen molar-refractivity contribution in [2.24, 2.45) is 5.73 Å². The number of benzene rings is 1. The van der Waals surface area contributed by atoms with Crippen LogP contribution in [0.1, 0.15) is 19.4 Å². The average Bonchev–Trinajstić information content (AvgIpc) is 2.44. The SMILES string of the molecule is COc1cc(CN(C)C(=O)C(C)(C)N)c(SC)cc1OC. The van der Waals surface area contributed by atoms with Gasteiger partial charge in [-0.1, -0.05) is 0 Å². The van der Waals surface area contributed by atoms with E-state index in [4.69, 9.17) is 15.2 Å². The summed E-state index contributed by atoms with van der Waals surface area (Å²) < 4.78 is 10.6. The summed E-state index contributed by atoms with van der Waals surface area (Å²) in [5.74, 6) is 1.22. The molecule has 0 radical (unpaired) electrons. The normalized spacial score (nSPS) is 11.2. The number of methoxy groups -OCH3 is 2. The van der Waals surface area contributed by atoms with Gasteiger partial charge in [0, 0.05) is 18.5 Å². The Morgan fingerprint density at radius 3 is 2.24 bits per heavy atom. The molecule has 0 fully saturated rings. The van der Waals surface area contributed by atoms with Crippen LogP contribution in [-0.2, 0) is 11.3 Å². The van der Waals surface area contributed by atoms with E-state index < -0.39 is 5.54 Å². The molecule has 0 aliphatic heterocycles. The predicted octanol–water partition coefficient (Wildman–Crippen LogP) is 2.12. The van der Waals surface area contributed by atoms with Crippen molar-refractivity contribution >= 4 is 17.7 Å². The lowest BCUT2D eigenvalue weighted by molar-refractivity contribution is -0.135. The van der Waals surface area contributed by atoms with E-state index in [1.54, 1.807) is 51.8 Å². The van der Waals surface area contributed by atoms with Crippen LogP contribution in [0.3, 0.4) is 0 Å². The van der Waals surface area contributed by atoms with Crippen LogP contribution in [0.5, 0.6) is 11.5 Å². The Morgan fingerprint density at radius 2 is 1.81 bits per heavy atom. The Hall–Kier alpha value is -1.40. The van der Waals surface area contributed by atoms with Crippen molar-refractivity contribution in [3.05, 3.63) is 17.7 Å². The van der Waals surface area contributed by atoms with Gasteiger partial charge in [-0.2, -0.15) is 0 Å². The Bertz CT molecular complexity index is 512. The lowest BCUT2D eigenvalue weighted by Gasteiger charge is -2.26. The largest absolute Gasteiger partial charge is 0.493 e. The molecule has 5 nitrogen and oxygen atoms in total. The van der Waals surface area contributed by atoms with Gasteiger partial charge in [0.2, 0.25) is 5.91 Å². The van der Waals surface area contributed by atoms with Crippen LogP contribution in [0.4, 0.5) is 0 Å². The van der Waals surface area contributed by atoms with E-state index in [-0.39, 0.29) is 5.91 Å². The van der Waals surface area contributed by atoms with Crippen LogP contribution in [0.2, 0.25) is 0 Å². The number of nitrogens with zero attached hydrogens (tertiary/aromatic N) is 1. The lowest BCUT2D eigenvalue weighted by Crippen LogP contribution is -2.49. The van der Waals surface area contributed by atoms with Gasteiger partial charge < -0.3 is 20.1 Å². The van der Waals surface area contributed by atoms with Crippen LogP contribution in [-0.4, -0.2) is 43.9 Å². The van der Waals surface area contributed by atoms with Gasteiger partial charge in [0.1, 0.15) is 0 Å². The van der Waals surface area contributed by atoms with Crippen LogP contribution in [0.25, 0.3) is 0 Å². The van der Waals surface area contributed by atoms with Crippen LogP contribution < -0.4 is 15.2 Å². The molecule has 0 saturated heterocycles. The first-order valence-corrected chi connectivity index (χ1v) is 7.80. The number of thioether (sulfide) groups is 1. The molecule has 1 aromatic carbocycles. The summed E-state index contributed by atoms with van der Waals surface area (Å²) in [6.45, 7) is 3.88. The Kier molecular flexibility index (Phi) is 5.92. The van der Waals surface area contributed by atoms with Gasteiger partial charge >= 0.3 is 0 Å². The van der Waals surface area contributed by atoms with Gasteiger partial charge in [0.15, 0.2) is 11.5 Å². The van der Waals surface area contributed by atoms with Gasteiger partial charge in [-0.3, -0.25) is 4.79 Å². The molecule has 0 spiro atoms. The maximum absolute atomic E-state index is 12.2. The Morgan fingerprint density at radius 1 is 1.29 bits per heavy atom. The molecule has 2 N–H and O–H groups in total. The van der Waals surface area contributed by atoms with E-state index in [0.717, 1.165) is 10.5 Å². The molecule has 0 aromatic heterocycles. The molecular weight excluding hydrogens is 288 g/mol. The van der Waals surface area contributed by atoms with E-state index in [9.17, 15) is 4.79 Å². The highest BCUT2D eigenvalue weighted by atomic mass is 32.2. The minimum atomic E-state index is -0.884. The average molecular weight is 312 g/mol. The summed E-state index contributed by atoms with van der Waals surface area (Å²) in [4.78, 5) is 14.9. The van der Waals surface area contributed by atoms with Crippen molar-refractivity contribution in [3.63, 3.8) is 0 Å². The number of amides is 1. The first-order chi connectivity index (χ1) is 9.74. The summed E-state index contributed by atoms with van der Waals surface area (Å²) in [7, 11) is 4.95. The van der Waals surface area contributed by atoms with Gasteiger partial charge in [-0.25, -0.2) is 0 Å². The fourth-order valence-corrected chi connectivity index (χ4v) is 2.65. The third-order valence-corrected chi connectivity index (χ3v) is 3.91. The van der Waals surface area contributed by atoms with Gasteiger partial charge in [-0.05, 0) is 37.8 Å². The van der Waals surface area contributed by atoms with Crippen LogP contribution >= 0.6 is 11.8 Å². The molecule has 0 heterocycles. The fourth-order valence-electron chi connectivity index (χ4n) is 2.04. The second-order valence-electron chi connectivity index (χ2n) is 5.40. The highest BCUT2D eigenvalue weighted by Gasteiger charge is 2.26. The molecule has 0 aliphatic rings. The summed E-state index contributed by atoms with van der Waals surface area (Å²) in [6.07, 6.45) is 1.99. The van der Waals surface area contributed by atoms with Gasteiger partial charge in [0.25, 0.3) is 0 Å². The molecule has 0 unspecified atom stereocenters. The monoisotopic (exact) mass is 312 g/mol. The predicted molar refractivity (Wildman–Crippen MR) is 86.1 cm³/mol. The number of carbonyl (C=O) groups is 1. The number of likely N-dealkylation sites (N-methyl/N-ethyl adjacent to an activating group) is 1.